The molecule has 0 aliphatic heterocycles. The Hall–Kier alpha value is -0.590. The van der Waals surface area contributed by atoms with Gasteiger partial charge >= 0.3 is 0 Å². The van der Waals surface area contributed by atoms with Crippen LogP contribution in [-0.4, -0.2) is 12.0 Å². The Bertz CT molecular complexity index is 200. The van der Waals surface area contributed by atoms with Gasteiger partial charge in [-0.05, 0) is 18.9 Å². The second-order valence-corrected chi connectivity index (χ2v) is 4.88. The van der Waals surface area contributed by atoms with Crippen molar-refractivity contribution in [2.45, 2.75) is 13.8 Å². The van der Waals surface area contributed by atoms with E-state index in [1.54, 1.807) is 6.20 Å². The van der Waals surface area contributed by atoms with Crippen LogP contribution in [0.1, 0.15) is 13.8 Å². The Morgan fingerprint density at radius 2 is 2.27 bits per heavy atom. The van der Waals surface area contributed by atoms with E-state index in [9.17, 15) is 0 Å². The van der Waals surface area contributed by atoms with Crippen LogP contribution in [0.3, 0.4) is 0 Å². The molecule has 0 amide bonds. The lowest BCUT2D eigenvalue weighted by Gasteiger charge is -2.16. The van der Waals surface area contributed by atoms with E-state index >= 15 is 0 Å². The van der Waals surface area contributed by atoms with E-state index in [1.807, 2.05) is 6.92 Å². The van der Waals surface area contributed by atoms with Crippen molar-refractivity contribution in [2.24, 2.45) is 5.73 Å². The maximum absolute atomic E-state index is 5.49. The van der Waals surface area contributed by atoms with Gasteiger partial charge in [-0.1, -0.05) is 13.5 Å². The summed E-state index contributed by atoms with van der Waals surface area (Å²) in [4.78, 5) is 1.22. The molecule has 0 aromatic rings. The summed E-state index contributed by atoms with van der Waals surface area (Å²) < 4.78 is 0. The van der Waals surface area contributed by atoms with Crippen LogP contribution in [0.25, 0.3) is 0 Å². The first-order valence-corrected chi connectivity index (χ1v) is 5.64. The molecule has 0 aliphatic carbocycles. The molecule has 0 heterocycles. The summed E-state index contributed by atoms with van der Waals surface area (Å²) in [7, 11) is -0.0905. The molecule has 0 saturated carbocycles. The van der Waals surface area contributed by atoms with Gasteiger partial charge in [0.2, 0.25) is 0 Å². The molecule has 1 unspecified atom stereocenters. The number of rotatable bonds is 3. The molecule has 2 heteroatoms. The van der Waals surface area contributed by atoms with Crippen molar-refractivity contribution in [2.75, 3.05) is 12.0 Å². The van der Waals surface area contributed by atoms with Gasteiger partial charge in [0.1, 0.15) is 0 Å². The van der Waals surface area contributed by atoms with Crippen LogP contribution in [0.5, 0.6) is 0 Å². The zero-order valence-electron chi connectivity index (χ0n) is 7.52. The van der Waals surface area contributed by atoms with Gasteiger partial charge in [0, 0.05) is 16.7 Å². The summed E-state index contributed by atoms with van der Waals surface area (Å²) >= 11 is 0. The minimum atomic E-state index is -0.0905. The van der Waals surface area contributed by atoms with Gasteiger partial charge in [0.25, 0.3) is 0 Å². The van der Waals surface area contributed by atoms with Crippen molar-refractivity contribution >= 4 is 10.9 Å². The molecule has 0 bridgehead atoms. The van der Waals surface area contributed by atoms with Gasteiger partial charge in [0.05, 0.1) is 0 Å². The van der Waals surface area contributed by atoms with Crippen molar-refractivity contribution < 1.29 is 0 Å². The lowest BCUT2D eigenvalue weighted by molar-refractivity contribution is 1.43. The monoisotopic (exact) mass is 171 g/mol. The lowest BCUT2D eigenvalue weighted by Crippen LogP contribution is -1.93. The fourth-order valence-electron chi connectivity index (χ4n) is 0.799. The average molecular weight is 171 g/mol. The van der Waals surface area contributed by atoms with Gasteiger partial charge in [-0.15, -0.1) is 5.73 Å². The molecule has 0 aromatic heterocycles. The maximum Gasteiger partial charge on any atom is 0.0135 e. The molecule has 64 valence electrons. The third-order valence-electron chi connectivity index (χ3n) is 1.69. The highest BCUT2D eigenvalue weighted by Gasteiger charge is 2.02. The first-order valence-electron chi connectivity index (χ1n) is 3.67. The van der Waals surface area contributed by atoms with Gasteiger partial charge in [-0.3, -0.25) is 0 Å². The number of thiol groups is 1. The van der Waals surface area contributed by atoms with Gasteiger partial charge in [-0.2, -0.15) is 0 Å². The first-order chi connectivity index (χ1) is 5.17. The van der Waals surface area contributed by atoms with Gasteiger partial charge < -0.3 is 5.73 Å². The Kier molecular flexibility index (Phi) is 4.84. The Morgan fingerprint density at radius 3 is 2.55 bits per heavy atom. The molecule has 11 heavy (non-hydrogen) atoms. The summed E-state index contributed by atoms with van der Waals surface area (Å²) in [5, 5.41) is 0. The second kappa shape index (κ2) is 5.11. The van der Waals surface area contributed by atoms with Crippen LogP contribution in [0, 0.1) is 0 Å². The van der Waals surface area contributed by atoms with Crippen LogP contribution < -0.4 is 5.73 Å². The van der Waals surface area contributed by atoms with Crippen LogP contribution in [0.15, 0.2) is 29.0 Å². The molecule has 0 aliphatic rings. The van der Waals surface area contributed by atoms with E-state index in [4.69, 9.17) is 5.73 Å². The van der Waals surface area contributed by atoms with Crippen LogP contribution in [-0.2, 0) is 0 Å². The van der Waals surface area contributed by atoms with Crippen molar-refractivity contribution in [1.82, 2.24) is 0 Å². The summed E-state index contributed by atoms with van der Waals surface area (Å²) in [5.74, 6) is 1.16. The smallest absolute Gasteiger partial charge is 0.0135 e. The number of nitrogens with two attached hydrogens (primary N) is 1. The van der Waals surface area contributed by atoms with Crippen molar-refractivity contribution in [3.05, 3.63) is 29.0 Å². The first kappa shape index (κ1) is 10.4. The van der Waals surface area contributed by atoms with E-state index in [1.165, 1.54) is 4.91 Å². The molecule has 0 fully saturated rings. The number of hydrogen-bond donors (Lipinski definition) is 2. The molecule has 1 nitrogen and oxygen atoms in total. The third-order valence-corrected chi connectivity index (χ3v) is 3.95. The van der Waals surface area contributed by atoms with Crippen LogP contribution in [0.2, 0.25) is 0 Å². The summed E-state index contributed by atoms with van der Waals surface area (Å²) in [6.45, 7) is 7.77. The van der Waals surface area contributed by atoms with E-state index < -0.39 is 0 Å². The minimum Gasteiger partial charge on any atom is -0.404 e. The molecular weight excluding hydrogens is 154 g/mol. The van der Waals surface area contributed by atoms with E-state index in [0.717, 1.165) is 11.3 Å². The predicted molar refractivity (Wildman–Crippen MR) is 56.0 cm³/mol. The minimum absolute atomic E-state index is 0.0905. The topological polar surface area (TPSA) is 26.0 Å². The Balaban J connectivity index is 4.56. The highest BCUT2D eigenvalue weighted by Crippen LogP contribution is 2.34. The van der Waals surface area contributed by atoms with Crippen molar-refractivity contribution in [3.8, 4) is 0 Å². The quantitative estimate of drug-likeness (QED) is 0.380. The molecule has 0 radical (unpaired) electrons. The van der Waals surface area contributed by atoms with E-state index in [0.29, 0.717) is 0 Å². The zero-order chi connectivity index (χ0) is 8.85. The lowest BCUT2D eigenvalue weighted by atomic mass is 10.3. The molecule has 0 rings (SSSR count). The Labute approximate surface area is 72.0 Å². The number of hydrogen-bond acceptors (Lipinski definition) is 1. The molecular formula is C9H17NS. The average Bonchev–Trinajstić information content (AvgIpc) is 2.05. The molecule has 2 N–H and O–H groups in total. The second-order valence-electron chi connectivity index (χ2n) is 2.37. The summed E-state index contributed by atoms with van der Waals surface area (Å²) in [6.07, 6.45) is 3.90. The molecule has 0 saturated heterocycles. The van der Waals surface area contributed by atoms with Crippen molar-refractivity contribution in [3.63, 3.8) is 0 Å². The molecule has 0 spiro atoms. The highest BCUT2D eigenvalue weighted by molar-refractivity contribution is 8.20. The summed E-state index contributed by atoms with van der Waals surface area (Å²) in [5.41, 5.74) is 9.44. The highest BCUT2D eigenvalue weighted by atomic mass is 32.2. The largest absolute Gasteiger partial charge is 0.404 e. The SMILES string of the molecule is C=C=C(C)C(=CN)[SH](C)CC. The maximum atomic E-state index is 5.49. The summed E-state index contributed by atoms with van der Waals surface area (Å²) in [6, 6.07) is 0. The Morgan fingerprint density at radius 1 is 1.73 bits per heavy atom. The normalized spacial score (nSPS) is 15.5. The van der Waals surface area contributed by atoms with Gasteiger partial charge in [0.15, 0.2) is 0 Å². The fourth-order valence-corrected chi connectivity index (χ4v) is 2.05. The standard InChI is InChI=1S/C9H17NS/c1-5-8(3)9(7-10)11(4)6-2/h7,11H,1,6,10H2,2-4H3. The number of allylic oxidation sites excluding steroid dienone is 1. The predicted octanol–water partition coefficient (Wildman–Crippen LogP) is 2.17. The zero-order valence-corrected chi connectivity index (χ0v) is 8.41. The van der Waals surface area contributed by atoms with Crippen LogP contribution >= 0.6 is 10.9 Å². The van der Waals surface area contributed by atoms with Crippen molar-refractivity contribution in [1.29, 1.82) is 0 Å². The molecule has 0 aromatic carbocycles. The van der Waals surface area contributed by atoms with Crippen LogP contribution in [0.4, 0.5) is 0 Å². The third kappa shape index (κ3) is 2.87. The van der Waals surface area contributed by atoms with Gasteiger partial charge in [-0.25, -0.2) is 10.9 Å². The molecule has 1 atom stereocenters. The van der Waals surface area contributed by atoms with E-state index in [2.05, 4.69) is 25.5 Å². The fraction of sp³-hybridized carbons (Fsp3) is 0.444. The van der Waals surface area contributed by atoms with E-state index in [-0.39, 0.29) is 10.9 Å².